The minimum Gasteiger partial charge on any atom is -0.341 e. The molecule has 1 N–H and O–H groups in total. The topological polar surface area (TPSA) is 52.2 Å². The number of carbonyl (C=O) groups is 1. The van der Waals surface area contributed by atoms with Crippen molar-refractivity contribution in [2.45, 2.75) is 45.2 Å². The molecule has 5 nitrogen and oxygen atoms in total. The zero-order valence-corrected chi connectivity index (χ0v) is 15.5. The van der Waals surface area contributed by atoms with E-state index in [4.69, 9.17) is 0 Å². The Labute approximate surface area is 157 Å². The fourth-order valence-electron chi connectivity index (χ4n) is 3.99. The molecule has 1 atom stereocenters. The van der Waals surface area contributed by atoms with E-state index >= 15 is 0 Å². The summed E-state index contributed by atoms with van der Waals surface area (Å²) in [6.45, 7) is 4.97. The number of imidazole rings is 1. The van der Waals surface area contributed by atoms with Gasteiger partial charge in [-0.1, -0.05) is 0 Å². The van der Waals surface area contributed by atoms with Crippen LogP contribution in [0.25, 0.3) is 11.4 Å². The average Bonchev–Trinajstić information content (AvgIpc) is 3.10. The van der Waals surface area contributed by atoms with E-state index in [2.05, 4.69) is 14.9 Å². The van der Waals surface area contributed by atoms with Crippen LogP contribution in [0.15, 0.2) is 18.2 Å². The number of likely N-dealkylation sites (tertiary alicyclic amines) is 1. The molecule has 0 bridgehead atoms. The first-order valence-electron chi connectivity index (χ1n) is 9.59. The number of aromatic amines is 1. The normalized spacial score (nSPS) is 19.0. The third-order valence-corrected chi connectivity index (χ3v) is 5.62. The highest BCUT2D eigenvalue weighted by Gasteiger charge is 2.30. The number of aromatic nitrogens is 2. The van der Waals surface area contributed by atoms with Gasteiger partial charge in [-0.05, 0) is 38.3 Å². The lowest BCUT2D eigenvalue weighted by molar-refractivity contribution is -0.137. The highest BCUT2D eigenvalue weighted by molar-refractivity contribution is 5.81. The molecule has 27 heavy (non-hydrogen) atoms. The molecule has 1 unspecified atom stereocenters. The van der Waals surface area contributed by atoms with Gasteiger partial charge in [0.2, 0.25) is 5.91 Å². The molecule has 2 aliphatic heterocycles. The molecular formula is C20H24F2N4O. The Morgan fingerprint density at radius 1 is 1.19 bits per heavy atom. The largest absolute Gasteiger partial charge is 0.341 e. The SMILES string of the molecule is CC(C(=O)N1CCCCC1)N1CCc2nc(-c3ccc(F)cc3F)[nH]c2C1. The number of carbonyl (C=O) groups excluding carboxylic acids is 1. The van der Waals surface area contributed by atoms with Crippen LogP contribution in [0.3, 0.4) is 0 Å². The van der Waals surface area contributed by atoms with Crippen molar-refractivity contribution in [2.75, 3.05) is 19.6 Å². The van der Waals surface area contributed by atoms with Crippen LogP contribution < -0.4 is 0 Å². The van der Waals surface area contributed by atoms with Gasteiger partial charge in [-0.2, -0.15) is 0 Å². The Morgan fingerprint density at radius 2 is 1.96 bits per heavy atom. The Hall–Kier alpha value is -2.28. The maximum Gasteiger partial charge on any atom is 0.239 e. The molecular weight excluding hydrogens is 350 g/mol. The number of piperidine rings is 1. The molecule has 144 valence electrons. The van der Waals surface area contributed by atoms with E-state index < -0.39 is 11.6 Å². The van der Waals surface area contributed by atoms with Crippen LogP contribution in [0.5, 0.6) is 0 Å². The predicted octanol–water partition coefficient (Wildman–Crippen LogP) is 3.11. The van der Waals surface area contributed by atoms with Crippen LogP contribution in [0, 0.1) is 11.6 Å². The van der Waals surface area contributed by atoms with E-state index in [9.17, 15) is 13.6 Å². The van der Waals surface area contributed by atoms with Crippen LogP contribution in [-0.2, 0) is 17.8 Å². The number of H-pyrrole nitrogens is 1. The number of halogens is 2. The minimum atomic E-state index is -0.633. The number of nitrogens with zero attached hydrogens (tertiary/aromatic N) is 3. The van der Waals surface area contributed by atoms with Gasteiger partial charge in [-0.3, -0.25) is 9.69 Å². The molecule has 0 saturated carbocycles. The summed E-state index contributed by atoms with van der Waals surface area (Å²) in [6, 6.07) is 3.30. The van der Waals surface area contributed by atoms with Crippen molar-refractivity contribution in [3.63, 3.8) is 0 Å². The molecule has 1 fully saturated rings. The van der Waals surface area contributed by atoms with Crippen molar-refractivity contribution in [1.29, 1.82) is 0 Å². The van der Waals surface area contributed by atoms with E-state index in [0.29, 0.717) is 18.8 Å². The van der Waals surface area contributed by atoms with E-state index in [1.807, 2.05) is 11.8 Å². The van der Waals surface area contributed by atoms with E-state index in [1.54, 1.807) is 0 Å². The maximum atomic E-state index is 14.1. The zero-order chi connectivity index (χ0) is 19.0. The van der Waals surface area contributed by atoms with Crippen LogP contribution in [0.1, 0.15) is 37.6 Å². The monoisotopic (exact) mass is 374 g/mol. The Kier molecular flexibility index (Phi) is 4.95. The first-order valence-corrected chi connectivity index (χ1v) is 9.59. The Morgan fingerprint density at radius 3 is 2.70 bits per heavy atom. The Balaban J connectivity index is 1.50. The van der Waals surface area contributed by atoms with Gasteiger partial charge in [0.1, 0.15) is 17.5 Å². The van der Waals surface area contributed by atoms with Gasteiger partial charge in [0, 0.05) is 38.7 Å². The summed E-state index contributed by atoms with van der Waals surface area (Å²) in [5.74, 6) is -0.646. The molecule has 3 heterocycles. The van der Waals surface area contributed by atoms with Gasteiger partial charge in [0.25, 0.3) is 0 Å². The van der Waals surface area contributed by atoms with Crippen LogP contribution in [0.4, 0.5) is 8.78 Å². The number of nitrogens with one attached hydrogen (secondary N) is 1. The summed E-state index contributed by atoms with van der Waals surface area (Å²) in [5.41, 5.74) is 2.05. The molecule has 1 amide bonds. The first-order chi connectivity index (χ1) is 13.0. The molecule has 1 aromatic heterocycles. The van der Waals surface area contributed by atoms with Crippen molar-refractivity contribution in [1.82, 2.24) is 19.8 Å². The third kappa shape index (κ3) is 3.60. The molecule has 0 aliphatic carbocycles. The fourth-order valence-corrected chi connectivity index (χ4v) is 3.99. The summed E-state index contributed by atoms with van der Waals surface area (Å²) >= 11 is 0. The summed E-state index contributed by atoms with van der Waals surface area (Å²) in [4.78, 5) is 24.6. The van der Waals surface area contributed by atoms with Gasteiger partial charge in [0.15, 0.2) is 0 Å². The van der Waals surface area contributed by atoms with Gasteiger partial charge < -0.3 is 9.88 Å². The molecule has 2 aromatic rings. The van der Waals surface area contributed by atoms with Gasteiger partial charge >= 0.3 is 0 Å². The van der Waals surface area contributed by atoms with Crippen molar-refractivity contribution >= 4 is 5.91 Å². The molecule has 2 aliphatic rings. The molecule has 1 saturated heterocycles. The zero-order valence-electron chi connectivity index (χ0n) is 15.5. The third-order valence-electron chi connectivity index (χ3n) is 5.62. The Bertz CT molecular complexity index is 845. The number of amides is 1. The summed E-state index contributed by atoms with van der Waals surface area (Å²) in [6.07, 6.45) is 4.06. The maximum absolute atomic E-state index is 14.1. The second-order valence-electron chi connectivity index (χ2n) is 7.42. The molecule has 0 spiro atoms. The highest BCUT2D eigenvalue weighted by Crippen LogP contribution is 2.26. The standard InChI is InChI=1S/C20H24F2N4O/c1-13(20(27)25-8-3-2-4-9-25)26-10-7-17-18(12-26)24-19(23-17)15-6-5-14(21)11-16(15)22/h5-6,11,13H,2-4,7-10,12H2,1H3,(H,23,24). The summed E-state index contributed by atoms with van der Waals surface area (Å²) in [7, 11) is 0. The van der Waals surface area contributed by atoms with Gasteiger partial charge in [-0.25, -0.2) is 13.8 Å². The minimum absolute atomic E-state index is 0.183. The number of benzene rings is 1. The number of rotatable bonds is 3. The van der Waals surface area contributed by atoms with Crippen molar-refractivity contribution in [3.05, 3.63) is 41.2 Å². The molecule has 4 rings (SSSR count). The molecule has 0 radical (unpaired) electrons. The van der Waals surface area contributed by atoms with Crippen molar-refractivity contribution in [3.8, 4) is 11.4 Å². The number of hydrogen-bond acceptors (Lipinski definition) is 3. The number of fused-ring (bicyclic) bond motifs is 1. The van der Waals surface area contributed by atoms with E-state index in [1.165, 1.54) is 18.6 Å². The van der Waals surface area contributed by atoms with Gasteiger partial charge in [0.05, 0.1) is 23.0 Å². The summed E-state index contributed by atoms with van der Waals surface area (Å²) < 4.78 is 27.2. The first kappa shape index (κ1) is 18.1. The van der Waals surface area contributed by atoms with Crippen LogP contribution >= 0.6 is 0 Å². The highest BCUT2D eigenvalue weighted by atomic mass is 19.1. The fraction of sp³-hybridized carbons (Fsp3) is 0.500. The molecule has 1 aromatic carbocycles. The average molecular weight is 374 g/mol. The lowest BCUT2D eigenvalue weighted by atomic mass is 10.1. The lowest BCUT2D eigenvalue weighted by Crippen LogP contribution is -2.49. The van der Waals surface area contributed by atoms with Crippen molar-refractivity contribution < 1.29 is 13.6 Å². The number of hydrogen-bond donors (Lipinski definition) is 1. The van der Waals surface area contributed by atoms with Crippen molar-refractivity contribution in [2.24, 2.45) is 0 Å². The van der Waals surface area contributed by atoms with E-state index in [-0.39, 0.29) is 17.5 Å². The van der Waals surface area contributed by atoms with Crippen LogP contribution in [0.2, 0.25) is 0 Å². The quantitative estimate of drug-likeness (QED) is 0.898. The lowest BCUT2D eigenvalue weighted by Gasteiger charge is -2.35. The summed E-state index contributed by atoms with van der Waals surface area (Å²) in [5, 5.41) is 0. The molecule has 7 heteroatoms. The smallest absolute Gasteiger partial charge is 0.239 e. The second-order valence-corrected chi connectivity index (χ2v) is 7.42. The predicted molar refractivity (Wildman–Crippen MR) is 97.9 cm³/mol. The second kappa shape index (κ2) is 7.38. The van der Waals surface area contributed by atoms with Gasteiger partial charge in [-0.15, -0.1) is 0 Å². The van der Waals surface area contributed by atoms with E-state index in [0.717, 1.165) is 49.9 Å². The van der Waals surface area contributed by atoms with Crippen LogP contribution in [-0.4, -0.2) is 51.4 Å².